The molecule has 1 atom stereocenters. The van der Waals surface area contributed by atoms with Crippen LogP contribution < -0.4 is 4.74 Å². The number of carbonyl (C=O) groups excluding carboxylic acids is 1. The second-order valence-electron chi connectivity index (χ2n) is 6.34. The number of rotatable bonds is 4. The van der Waals surface area contributed by atoms with Gasteiger partial charge in [0.25, 0.3) is 0 Å². The smallest absolute Gasteiger partial charge is 0.244 e. The number of hydrogen-bond acceptors (Lipinski definition) is 5. The van der Waals surface area contributed by atoms with Crippen LogP contribution in [0, 0.1) is 6.92 Å². The van der Waals surface area contributed by atoms with E-state index in [1.54, 1.807) is 24.0 Å². The molecule has 2 fully saturated rings. The largest absolute Gasteiger partial charge is 0.497 e. The van der Waals surface area contributed by atoms with Crippen LogP contribution in [0.2, 0.25) is 0 Å². The van der Waals surface area contributed by atoms with Crippen LogP contribution >= 0.6 is 0 Å². The van der Waals surface area contributed by atoms with E-state index in [9.17, 15) is 13.2 Å². The monoisotopic (exact) mass is 368 g/mol. The first-order chi connectivity index (χ1) is 11.9. The summed E-state index contributed by atoms with van der Waals surface area (Å²) in [6.07, 6.45) is 1.24. The standard InChI is InChI=1S/C17H24N2O5S/c1-13-5-6-14(23-2)12-16(13)25(21,22)19-7-3-4-15(19)17(20)18-8-10-24-11-9-18/h5-6,12,15H,3-4,7-11H2,1-2H3/t15-/m0/s1. The van der Waals surface area contributed by atoms with E-state index in [1.807, 2.05) is 0 Å². The van der Waals surface area contributed by atoms with Gasteiger partial charge >= 0.3 is 0 Å². The van der Waals surface area contributed by atoms with Gasteiger partial charge in [0.05, 0.1) is 25.2 Å². The lowest BCUT2D eigenvalue weighted by molar-refractivity contribution is -0.138. The van der Waals surface area contributed by atoms with E-state index in [2.05, 4.69) is 0 Å². The maximum absolute atomic E-state index is 13.2. The molecule has 1 aromatic rings. The normalized spacial score (nSPS) is 22.2. The van der Waals surface area contributed by atoms with E-state index in [4.69, 9.17) is 9.47 Å². The SMILES string of the molecule is COc1ccc(C)c(S(=O)(=O)N2CCC[C@H]2C(=O)N2CCOCC2)c1. The van der Waals surface area contributed by atoms with Crippen LogP contribution in [0.3, 0.4) is 0 Å². The predicted octanol–water partition coefficient (Wildman–Crippen LogP) is 1.02. The molecule has 0 saturated carbocycles. The summed E-state index contributed by atoms with van der Waals surface area (Å²) in [5, 5.41) is 0. The maximum Gasteiger partial charge on any atom is 0.244 e. The van der Waals surface area contributed by atoms with Gasteiger partial charge in [-0.1, -0.05) is 6.07 Å². The fraction of sp³-hybridized carbons (Fsp3) is 0.588. The van der Waals surface area contributed by atoms with Crippen LogP contribution in [-0.4, -0.2) is 69.5 Å². The van der Waals surface area contributed by atoms with Crippen LogP contribution in [0.5, 0.6) is 5.75 Å². The Kier molecular flexibility index (Phi) is 5.31. The van der Waals surface area contributed by atoms with Crippen molar-refractivity contribution in [2.24, 2.45) is 0 Å². The van der Waals surface area contributed by atoms with Crippen LogP contribution in [0.1, 0.15) is 18.4 Å². The van der Waals surface area contributed by atoms with Gasteiger partial charge in [0.15, 0.2) is 0 Å². The fourth-order valence-corrected chi connectivity index (χ4v) is 5.27. The Balaban J connectivity index is 1.89. The summed E-state index contributed by atoms with van der Waals surface area (Å²) in [6.45, 7) is 4.14. The van der Waals surface area contributed by atoms with E-state index in [0.717, 1.165) is 0 Å². The van der Waals surface area contributed by atoms with Crippen molar-refractivity contribution in [2.75, 3.05) is 40.0 Å². The number of morpholine rings is 1. The maximum atomic E-state index is 13.2. The van der Waals surface area contributed by atoms with Gasteiger partial charge in [-0.05, 0) is 31.4 Å². The molecule has 0 radical (unpaired) electrons. The van der Waals surface area contributed by atoms with Gasteiger partial charge < -0.3 is 14.4 Å². The number of hydrogen-bond donors (Lipinski definition) is 0. The minimum Gasteiger partial charge on any atom is -0.497 e. The number of amides is 1. The molecular formula is C17H24N2O5S. The second-order valence-corrected chi connectivity index (χ2v) is 8.20. The zero-order chi connectivity index (χ0) is 18.0. The topological polar surface area (TPSA) is 76.2 Å². The first-order valence-corrected chi connectivity index (χ1v) is 9.92. The number of methoxy groups -OCH3 is 1. The molecule has 0 unspecified atom stereocenters. The lowest BCUT2D eigenvalue weighted by atomic mass is 10.2. The van der Waals surface area contributed by atoms with Crippen molar-refractivity contribution in [2.45, 2.75) is 30.7 Å². The minimum absolute atomic E-state index is 0.120. The summed E-state index contributed by atoms with van der Waals surface area (Å²) >= 11 is 0. The number of sulfonamides is 1. The average Bonchev–Trinajstić information content (AvgIpc) is 3.12. The number of nitrogens with zero attached hydrogens (tertiary/aromatic N) is 2. The van der Waals surface area contributed by atoms with Crippen LogP contribution in [0.25, 0.3) is 0 Å². The minimum atomic E-state index is -3.76. The van der Waals surface area contributed by atoms with Crippen LogP contribution in [0.4, 0.5) is 0 Å². The highest BCUT2D eigenvalue weighted by atomic mass is 32.2. The van der Waals surface area contributed by atoms with Crippen molar-refractivity contribution in [3.05, 3.63) is 23.8 Å². The number of carbonyl (C=O) groups is 1. The summed E-state index contributed by atoms with van der Waals surface area (Å²) in [5.74, 6) is 0.365. The summed E-state index contributed by atoms with van der Waals surface area (Å²) < 4.78 is 38.2. The van der Waals surface area contributed by atoms with Gasteiger partial charge in [0.2, 0.25) is 15.9 Å². The Hall–Kier alpha value is -1.64. The molecule has 0 spiro atoms. The first kappa shape index (κ1) is 18.2. The quantitative estimate of drug-likeness (QED) is 0.793. The molecule has 2 saturated heterocycles. The zero-order valence-corrected chi connectivity index (χ0v) is 15.4. The van der Waals surface area contributed by atoms with E-state index < -0.39 is 16.1 Å². The molecule has 3 rings (SSSR count). The molecule has 0 aliphatic carbocycles. The zero-order valence-electron chi connectivity index (χ0n) is 14.6. The molecule has 2 heterocycles. The predicted molar refractivity (Wildman–Crippen MR) is 92.0 cm³/mol. The van der Waals surface area contributed by atoms with Crippen LogP contribution in [-0.2, 0) is 19.6 Å². The Labute approximate surface area is 148 Å². The Bertz CT molecular complexity index is 743. The van der Waals surface area contributed by atoms with Gasteiger partial charge in [0.1, 0.15) is 11.8 Å². The molecule has 2 aliphatic rings. The lowest BCUT2D eigenvalue weighted by Crippen LogP contribution is -2.51. The third-order valence-electron chi connectivity index (χ3n) is 4.79. The molecule has 0 N–H and O–H groups in total. The molecule has 0 bridgehead atoms. The Morgan fingerprint density at radius 2 is 1.96 bits per heavy atom. The van der Waals surface area contributed by atoms with E-state index >= 15 is 0 Å². The van der Waals surface area contributed by atoms with Crippen molar-refractivity contribution in [3.63, 3.8) is 0 Å². The van der Waals surface area contributed by atoms with Gasteiger partial charge in [0, 0.05) is 25.7 Å². The molecule has 8 heteroatoms. The number of benzene rings is 1. The van der Waals surface area contributed by atoms with Gasteiger partial charge in [-0.2, -0.15) is 4.31 Å². The Morgan fingerprint density at radius 1 is 1.24 bits per heavy atom. The van der Waals surface area contributed by atoms with Crippen molar-refractivity contribution < 1.29 is 22.7 Å². The molecule has 25 heavy (non-hydrogen) atoms. The molecule has 0 aromatic heterocycles. The summed E-state index contributed by atoms with van der Waals surface area (Å²) in [7, 11) is -2.26. The Morgan fingerprint density at radius 3 is 2.64 bits per heavy atom. The summed E-state index contributed by atoms with van der Waals surface area (Å²) in [6, 6.07) is 4.35. The number of aryl methyl sites for hydroxylation is 1. The molecule has 2 aliphatic heterocycles. The molecule has 1 aromatic carbocycles. The average molecular weight is 368 g/mol. The lowest BCUT2D eigenvalue weighted by Gasteiger charge is -2.32. The number of ether oxygens (including phenoxy) is 2. The highest BCUT2D eigenvalue weighted by molar-refractivity contribution is 7.89. The highest BCUT2D eigenvalue weighted by Gasteiger charge is 2.41. The van der Waals surface area contributed by atoms with Crippen LogP contribution in [0.15, 0.2) is 23.1 Å². The van der Waals surface area contributed by atoms with E-state index in [-0.39, 0.29) is 10.8 Å². The summed E-state index contributed by atoms with van der Waals surface area (Å²) in [5.41, 5.74) is 0.644. The van der Waals surface area contributed by atoms with Crippen molar-refractivity contribution in [3.8, 4) is 5.75 Å². The van der Waals surface area contributed by atoms with Gasteiger partial charge in [-0.15, -0.1) is 0 Å². The molecule has 138 valence electrons. The second kappa shape index (κ2) is 7.31. The van der Waals surface area contributed by atoms with Gasteiger partial charge in [-0.25, -0.2) is 8.42 Å². The van der Waals surface area contributed by atoms with Crippen molar-refractivity contribution in [1.29, 1.82) is 0 Å². The summed E-state index contributed by atoms with van der Waals surface area (Å²) in [4.78, 5) is 14.7. The third kappa shape index (κ3) is 3.51. The highest BCUT2D eigenvalue weighted by Crippen LogP contribution is 2.31. The molecular weight excluding hydrogens is 344 g/mol. The first-order valence-electron chi connectivity index (χ1n) is 8.48. The third-order valence-corrected chi connectivity index (χ3v) is 6.84. The van der Waals surface area contributed by atoms with Crippen molar-refractivity contribution >= 4 is 15.9 Å². The van der Waals surface area contributed by atoms with E-state index in [0.29, 0.717) is 57.0 Å². The molecule has 1 amide bonds. The molecule has 7 nitrogen and oxygen atoms in total. The fourth-order valence-electron chi connectivity index (χ4n) is 3.38. The van der Waals surface area contributed by atoms with Crippen molar-refractivity contribution in [1.82, 2.24) is 9.21 Å². The van der Waals surface area contributed by atoms with Gasteiger partial charge in [-0.3, -0.25) is 4.79 Å². The van der Waals surface area contributed by atoms with E-state index in [1.165, 1.54) is 17.5 Å².